The van der Waals surface area contributed by atoms with Gasteiger partial charge in [-0.2, -0.15) is 0 Å². The fourth-order valence-corrected chi connectivity index (χ4v) is 5.27. The van der Waals surface area contributed by atoms with Crippen LogP contribution in [0.25, 0.3) is 20.5 Å². The number of amidine groups is 2. The molecule has 118 valence electrons. The molecule has 2 aromatic carbocycles. The van der Waals surface area contributed by atoms with Crippen molar-refractivity contribution < 1.29 is 0 Å². The van der Waals surface area contributed by atoms with E-state index in [1.807, 2.05) is 16.2 Å². The van der Waals surface area contributed by atoms with E-state index in [1.54, 1.807) is 11.8 Å². The molecule has 0 saturated heterocycles. The molecule has 2 aliphatic heterocycles. The van der Waals surface area contributed by atoms with Gasteiger partial charge in [0.1, 0.15) is 5.84 Å². The maximum atomic E-state index is 8.32. The van der Waals surface area contributed by atoms with Crippen LogP contribution in [0.1, 0.15) is 12.0 Å². The Labute approximate surface area is 148 Å². The summed E-state index contributed by atoms with van der Waals surface area (Å²) in [5.41, 5.74) is 2.39. The van der Waals surface area contributed by atoms with Crippen LogP contribution in [0.4, 0.5) is 0 Å². The van der Waals surface area contributed by atoms with E-state index in [4.69, 9.17) is 5.41 Å². The predicted molar refractivity (Wildman–Crippen MR) is 104 cm³/mol. The van der Waals surface area contributed by atoms with Crippen LogP contribution in [-0.2, 0) is 0 Å². The first-order valence-electron chi connectivity index (χ1n) is 8.01. The second-order valence-electron chi connectivity index (χ2n) is 5.98. The zero-order valence-electron chi connectivity index (χ0n) is 13.0. The van der Waals surface area contributed by atoms with Gasteiger partial charge in [-0.25, -0.2) is 0 Å². The Hall–Kier alpha value is -2.11. The number of thioether (sulfide) groups is 1. The molecular formula is C19H15N3S2. The van der Waals surface area contributed by atoms with Crippen molar-refractivity contribution >= 4 is 44.2 Å². The summed E-state index contributed by atoms with van der Waals surface area (Å²) >= 11 is 3.37. The first-order chi connectivity index (χ1) is 11.8. The number of nitrogens with one attached hydrogen (secondary N) is 1. The number of rotatable bonds is 1. The minimum absolute atomic E-state index is 0.592. The third kappa shape index (κ3) is 2.19. The van der Waals surface area contributed by atoms with Gasteiger partial charge in [-0.1, -0.05) is 36.0 Å². The number of nitrogens with zero attached hydrogens (tertiary/aromatic N) is 2. The summed E-state index contributed by atoms with van der Waals surface area (Å²) in [5.74, 6) is 0.975. The van der Waals surface area contributed by atoms with Crippen LogP contribution in [0.2, 0.25) is 0 Å². The highest BCUT2D eigenvalue weighted by Gasteiger charge is 2.29. The molecule has 0 atom stereocenters. The van der Waals surface area contributed by atoms with Crippen molar-refractivity contribution in [2.75, 3.05) is 13.1 Å². The lowest BCUT2D eigenvalue weighted by atomic mass is 10.1. The third-order valence-corrected chi connectivity index (χ3v) is 6.58. The molecule has 0 spiro atoms. The number of hydrogen-bond acceptors (Lipinski definition) is 4. The molecule has 0 fully saturated rings. The first kappa shape index (κ1) is 14.3. The van der Waals surface area contributed by atoms with Crippen LogP contribution >= 0.6 is 23.1 Å². The average molecular weight is 349 g/mol. The van der Waals surface area contributed by atoms with Gasteiger partial charge in [0.05, 0.1) is 0 Å². The normalized spacial score (nSPS) is 16.8. The van der Waals surface area contributed by atoms with Crippen molar-refractivity contribution in [1.29, 1.82) is 5.41 Å². The van der Waals surface area contributed by atoms with Crippen LogP contribution in [-0.4, -0.2) is 29.0 Å². The Morgan fingerprint density at radius 1 is 1.08 bits per heavy atom. The number of thiophene rings is 1. The Bertz CT molecular complexity index is 970. The summed E-state index contributed by atoms with van der Waals surface area (Å²) < 4.78 is 1.31. The Balaban J connectivity index is 1.62. The highest BCUT2D eigenvalue weighted by molar-refractivity contribution is 8.14. The number of hydrogen-bond donors (Lipinski definition) is 1. The summed E-state index contributed by atoms with van der Waals surface area (Å²) in [4.78, 5) is 9.13. The van der Waals surface area contributed by atoms with Crippen LogP contribution in [0.5, 0.6) is 0 Å². The summed E-state index contributed by atoms with van der Waals surface area (Å²) in [7, 11) is 0. The molecule has 5 heteroatoms. The number of aliphatic imine (C=N–C) groups is 1. The quantitative estimate of drug-likeness (QED) is 0.667. The Kier molecular flexibility index (Phi) is 3.24. The molecule has 2 aliphatic rings. The molecule has 1 N–H and O–H groups in total. The predicted octanol–water partition coefficient (Wildman–Crippen LogP) is 5.06. The van der Waals surface area contributed by atoms with Gasteiger partial charge in [-0.05, 0) is 41.6 Å². The van der Waals surface area contributed by atoms with Crippen molar-refractivity contribution in [2.45, 2.75) is 11.3 Å². The highest BCUT2D eigenvalue weighted by Crippen LogP contribution is 2.39. The molecule has 3 heterocycles. The van der Waals surface area contributed by atoms with Gasteiger partial charge in [0.2, 0.25) is 0 Å². The van der Waals surface area contributed by atoms with Gasteiger partial charge in [0, 0.05) is 33.1 Å². The molecule has 0 radical (unpaired) electrons. The van der Waals surface area contributed by atoms with E-state index in [2.05, 4.69) is 53.5 Å². The van der Waals surface area contributed by atoms with E-state index in [9.17, 15) is 0 Å². The molecule has 3 aromatic rings. The van der Waals surface area contributed by atoms with Gasteiger partial charge < -0.3 is 4.90 Å². The largest absolute Gasteiger partial charge is 0.305 e. The summed E-state index contributed by atoms with van der Waals surface area (Å²) in [5, 5.41) is 10.2. The number of fused-ring (bicyclic) bond motifs is 4. The molecular weight excluding hydrogens is 334 g/mol. The first-order valence-corrected chi connectivity index (χ1v) is 9.65. The number of benzene rings is 2. The smallest absolute Gasteiger partial charge is 0.166 e. The van der Waals surface area contributed by atoms with Gasteiger partial charge in [-0.3, -0.25) is 10.4 Å². The zero-order valence-corrected chi connectivity index (χ0v) is 14.6. The SMILES string of the molecule is N=C1Sc2cc(-c3cc4ccccc4s3)ccc2C2=NCCCN12. The molecule has 0 amide bonds. The van der Waals surface area contributed by atoms with Gasteiger partial charge in [0.15, 0.2) is 5.17 Å². The van der Waals surface area contributed by atoms with Crippen molar-refractivity contribution in [3.8, 4) is 10.4 Å². The molecule has 24 heavy (non-hydrogen) atoms. The summed E-state index contributed by atoms with van der Waals surface area (Å²) in [6.45, 7) is 1.77. The monoisotopic (exact) mass is 349 g/mol. The van der Waals surface area contributed by atoms with E-state index in [0.29, 0.717) is 5.17 Å². The molecule has 0 aliphatic carbocycles. The van der Waals surface area contributed by atoms with Crippen LogP contribution in [0.15, 0.2) is 58.4 Å². The Morgan fingerprint density at radius 2 is 2.00 bits per heavy atom. The van der Waals surface area contributed by atoms with E-state index in [1.165, 1.54) is 26.1 Å². The fraction of sp³-hybridized carbons (Fsp3) is 0.158. The molecule has 0 unspecified atom stereocenters. The summed E-state index contributed by atoms with van der Waals surface area (Å²) in [6, 6.07) is 17.3. The van der Waals surface area contributed by atoms with Crippen molar-refractivity contribution in [1.82, 2.24) is 4.90 Å². The maximum Gasteiger partial charge on any atom is 0.166 e. The zero-order chi connectivity index (χ0) is 16.1. The standard InChI is InChI=1S/C19H15N3S2/c20-19-22-9-3-8-21-18(22)14-7-6-13(11-17(14)24-19)16-10-12-4-1-2-5-15(12)23-16/h1-2,4-7,10-11,20H,3,8-9H2. The minimum Gasteiger partial charge on any atom is -0.305 e. The second kappa shape index (κ2) is 5.46. The van der Waals surface area contributed by atoms with E-state index >= 15 is 0 Å². The summed E-state index contributed by atoms with van der Waals surface area (Å²) in [6.07, 6.45) is 1.03. The van der Waals surface area contributed by atoms with Gasteiger partial charge >= 0.3 is 0 Å². The van der Waals surface area contributed by atoms with E-state index < -0.39 is 0 Å². The van der Waals surface area contributed by atoms with Crippen LogP contribution in [0.3, 0.4) is 0 Å². The lowest BCUT2D eigenvalue weighted by Crippen LogP contribution is -2.42. The van der Waals surface area contributed by atoms with E-state index in [0.717, 1.165) is 30.2 Å². The topological polar surface area (TPSA) is 39.5 Å². The second-order valence-corrected chi connectivity index (χ2v) is 8.09. The average Bonchev–Trinajstić information content (AvgIpc) is 3.06. The molecule has 3 nitrogen and oxygen atoms in total. The maximum absolute atomic E-state index is 8.32. The van der Waals surface area contributed by atoms with E-state index in [-0.39, 0.29) is 0 Å². The molecule has 0 saturated carbocycles. The highest BCUT2D eigenvalue weighted by atomic mass is 32.2. The van der Waals surface area contributed by atoms with Crippen LogP contribution in [0, 0.1) is 5.41 Å². The van der Waals surface area contributed by atoms with Gasteiger partial charge in [0.25, 0.3) is 0 Å². The lowest BCUT2D eigenvalue weighted by molar-refractivity contribution is 0.552. The molecule has 0 bridgehead atoms. The third-order valence-electron chi connectivity index (χ3n) is 4.44. The minimum atomic E-state index is 0.592. The van der Waals surface area contributed by atoms with Crippen LogP contribution < -0.4 is 0 Å². The fourth-order valence-electron chi connectivity index (χ4n) is 3.26. The molecule has 5 rings (SSSR count). The van der Waals surface area contributed by atoms with Crippen molar-refractivity contribution in [3.05, 3.63) is 54.1 Å². The Morgan fingerprint density at radius 3 is 2.92 bits per heavy atom. The van der Waals surface area contributed by atoms with Crippen molar-refractivity contribution in [3.63, 3.8) is 0 Å². The lowest BCUT2D eigenvalue weighted by Gasteiger charge is -2.34. The molecule has 1 aromatic heterocycles. The van der Waals surface area contributed by atoms with Gasteiger partial charge in [-0.15, -0.1) is 11.3 Å². The van der Waals surface area contributed by atoms with Crippen molar-refractivity contribution in [2.24, 2.45) is 4.99 Å².